The molecular weight excluding hydrogens is 424 g/mol. The standard InChI is InChI=1S/C21H24N2O5S2/c1-4-27-21(26)17-13-8-7-12(2)10-15(13)30-19(17)23-16(24)11-28-20(25)14-6-5-9-22-18(14)29-3/h5-6,9,12H,4,7-8,10-11H2,1-3H3,(H,23,24). The van der Waals surface area contributed by atoms with Gasteiger partial charge in [0.1, 0.15) is 10.0 Å². The summed E-state index contributed by atoms with van der Waals surface area (Å²) >= 11 is 2.72. The Balaban J connectivity index is 1.71. The first kappa shape index (κ1) is 22.3. The number of pyridine rings is 1. The minimum Gasteiger partial charge on any atom is -0.462 e. The van der Waals surface area contributed by atoms with Crippen molar-refractivity contribution in [1.82, 2.24) is 4.98 Å². The van der Waals surface area contributed by atoms with Crippen molar-refractivity contribution in [3.63, 3.8) is 0 Å². The molecule has 30 heavy (non-hydrogen) atoms. The molecule has 0 saturated heterocycles. The molecule has 0 spiro atoms. The number of thioether (sulfide) groups is 1. The Bertz CT molecular complexity index is 957. The lowest BCUT2D eigenvalue weighted by Gasteiger charge is -2.18. The van der Waals surface area contributed by atoms with Crippen LogP contribution in [0.2, 0.25) is 0 Å². The highest BCUT2D eigenvalue weighted by Crippen LogP contribution is 2.40. The zero-order valence-corrected chi connectivity index (χ0v) is 18.8. The van der Waals surface area contributed by atoms with Crippen LogP contribution in [0.25, 0.3) is 0 Å². The Morgan fingerprint density at radius 3 is 2.83 bits per heavy atom. The third-order valence-electron chi connectivity index (χ3n) is 4.76. The Morgan fingerprint density at radius 2 is 2.10 bits per heavy atom. The van der Waals surface area contributed by atoms with Crippen LogP contribution < -0.4 is 5.32 Å². The number of nitrogens with one attached hydrogen (secondary N) is 1. The number of esters is 2. The van der Waals surface area contributed by atoms with Crippen molar-refractivity contribution in [1.29, 1.82) is 0 Å². The highest BCUT2D eigenvalue weighted by atomic mass is 32.2. The maximum atomic E-state index is 12.5. The van der Waals surface area contributed by atoms with Gasteiger partial charge in [0.2, 0.25) is 0 Å². The highest BCUT2D eigenvalue weighted by molar-refractivity contribution is 7.98. The Hall–Kier alpha value is -2.39. The summed E-state index contributed by atoms with van der Waals surface area (Å²) in [5.41, 5.74) is 1.70. The van der Waals surface area contributed by atoms with Gasteiger partial charge in [0.25, 0.3) is 5.91 Å². The fraction of sp³-hybridized carbons (Fsp3) is 0.429. The van der Waals surface area contributed by atoms with E-state index < -0.39 is 24.5 Å². The molecule has 1 aliphatic carbocycles. The number of aromatic nitrogens is 1. The van der Waals surface area contributed by atoms with Crippen molar-refractivity contribution in [2.24, 2.45) is 5.92 Å². The van der Waals surface area contributed by atoms with E-state index in [1.165, 1.54) is 23.1 Å². The molecule has 9 heteroatoms. The Labute approximate surface area is 183 Å². The highest BCUT2D eigenvalue weighted by Gasteiger charge is 2.29. The lowest BCUT2D eigenvalue weighted by molar-refractivity contribution is -0.119. The molecule has 0 saturated carbocycles. The van der Waals surface area contributed by atoms with Gasteiger partial charge in [-0.05, 0) is 56.1 Å². The van der Waals surface area contributed by atoms with Crippen LogP contribution in [-0.4, -0.2) is 42.3 Å². The number of thiophene rings is 1. The average Bonchev–Trinajstić information content (AvgIpc) is 3.08. The summed E-state index contributed by atoms with van der Waals surface area (Å²) in [6.07, 6.45) is 6.04. The first-order valence-corrected chi connectivity index (χ1v) is 11.8. The van der Waals surface area contributed by atoms with Gasteiger partial charge in [-0.1, -0.05) is 6.92 Å². The molecule has 1 N–H and O–H groups in total. The van der Waals surface area contributed by atoms with Gasteiger partial charge in [0.05, 0.1) is 17.7 Å². The first-order chi connectivity index (χ1) is 14.4. The molecular formula is C21H24N2O5S2. The summed E-state index contributed by atoms with van der Waals surface area (Å²) in [5.74, 6) is -1.03. The zero-order valence-electron chi connectivity index (χ0n) is 17.1. The molecule has 1 unspecified atom stereocenters. The summed E-state index contributed by atoms with van der Waals surface area (Å²) in [6.45, 7) is 3.72. The van der Waals surface area contributed by atoms with Crippen LogP contribution in [0.3, 0.4) is 0 Å². The van der Waals surface area contributed by atoms with Gasteiger partial charge in [0.15, 0.2) is 6.61 Å². The van der Waals surface area contributed by atoms with Crippen molar-refractivity contribution >= 4 is 45.9 Å². The monoisotopic (exact) mass is 448 g/mol. The first-order valence-electron chi connectivity index (χ1n) is 9.72. The third-order valence-corrected chi connectivity index (χ3v) is 6.64. The predicted octanol–water partition coefficient (Wildman–Crippen LogP) is 3.96. The molecule has 0 aromatic carbocycles. The van der Waals surface area contributed by atoms with E-state index in [1.54, 1.807) is 25.3 Å². The van der Waals surface area contributed by atoms with Gasteiger partial charge in [-0.3, -0.25) is 4.79 Å². The van der Waals surface area contributed by atoms with Crippen LogP contribution in [0.5, 0.6) is 0 Å². The summed E-state index contributed by atoms with van der Waals surface area (Å²) < 4.78 is 10.4. The Kier molecular flexibility index (Phi) is 7.49. The normalized spacial score (nSPS) is 15.2. The lowest BCUT2D eigenvalue weighted by Crippen LogP contribution is -2.22. The molecule has 160 valence electrons. The molecule has 0 aliphatic heterocycles. The predicted molar refractivity (Wildman–Crippen MR) is 116 cm³/mol. The second kappa shape index (κ2) is 10.1. The fourth-order valence-corrected chi connectivity index (χ4v) is 5.29. The molecule has 0 radical (unpaired) electrons. The summed E-state index contributed by atoms with van der Waals surface area (Å²) in [7, 11) is 0. The van der Waals surface area contributed by atoms with Crippen molar-refractivity contribution in [3.8, 4) is 0 Å². The van der Waals surface area contributed by atoms with E-state index in [4.69, 9.17) is 9.47 Å². The van der Waals surface area contributed by atoms with Gasteiger partial charge in [-0.15, -0.1) is 23.1 Å². The number of carbonyl (C=O) groups is 3. The van der Waals surface area contributed by atoms with E-state index in [2.05, 4.69) is 17.2 Å². The maximum absolute atomic E-state index is 12.5. The van der Waals surface area contributed by atoms with Crippen molar-refractivity contribution in [3.05, 3.63) is 39.9 Å². The van der Waals surface area contributed by atoms with Crippen LogP contribution in [0.1, 0.15) is 51.4 Å². The minimum atomic E-state index is -0.618. The summed E-state index contributed by atoms with van der Waals surface area (Å²) in [4.78, 5) is 42.5. The number of ether oxygens (including phenoxy) is 2. The topological polar surface area (TPSA) is 94.6 Å². The molecule has 1 aliphatic rings. The van der Waals surface area contributed by atoms with Crippen LogP contribution >= 0.6 is 23.1 Å². The van der Waals surface area contributed by atoms with E-state index in [0.29, 0.717) is 27.1 Å². The van der Waals surface area contributed by atoms with E-state index in [0.717, 1.165) is 29.7 Å². The molecule has 0 fully saturated rings. The third kappa shape index (κ3) is 5.02. The minimum absolute atomic E-state index is 0.258. The molecule has 3 rings (SSSR count). The maximum Gasteiger partial charge on any atom is 0.341 e. The SMILES string of the molecule is CCOC(=O)c1c(NC(=O)COC(=O)c2cccnc2SC)sc2c1CCC(C)C2. The van der Waals surface area contributed by atoms with Crippen molar-refractivity contribution in [2.45, 2.75) is 38.1 Å². The number of carbonyl (C=O) groups excluding carboxylic acids is 3. The molecule has 2 aromatic rings. The average molecular weight is 449 g/mol. The zero-order chi connectivity index (χ0) is 21.7. The molecule has 0 bridgehead atoms. The second-order valence-electron chi connectivity index (χ2n) is 6.96. The number of fused-ring (bicyclic) bond motifs is 1. The molecule has 2 aromatic heterocycles. The van der Waals surface area contributed by atoms with E-state index in [1.807, 2.05) is 6.26 Å². The van der Waals surface area contributed by atoms with E-state index in [-0.39, 0.29) is 6.61 Å². The number of anilines is 1. The number of hydrogen-bond acceptors (Lipinski definition) is 8. The van der Waals surface area contributed by atoms with E-state index in [9.17, 15) is 14.4 Å². The second-order valence-corrected chi connectivity index (χ2v) is 8.86. The van der Waals surface area contributed by atoms with Gasteiger partial charge in [-0.2, -0.15) is 0 Å². The molecule has 1 atom stereocenters. The number of amides is 1. The van der Waals surface area contributed by atoms with Gasteiger partial charge in [-0.25, -0.2) is 14.6 Å². The lowest BCUT2D eigenvalue weighted by atomic mass is 9.88. The number of nitrogens with zero attached hydrogens (tertiary/aromatic N) is 1. The fourth-order valence-electron chi connectivity index (χ4n) is 3.34. The number of hydrogen-bond donors (Lipinski definition) is 1. The van der Waals surface area contributed by atoms with Crippen molar-refractivity contribution < 1.29 is 23.9 Å². The van der Waals surface area contributed by atoms with Crippen LogP contribution in [0.4, 0.5) is 5.00 Å². The smallest absolute Gasteiger partial charge is 0.341 e. The van der Waals surface area contributed by atoms with Gasteiger partial charge >= 0.3 is 11.9 Å². The van der Waals surface area contributed by atoms with Crippen LogP contribution in [0.15, 0.2) is 23.4 Å². The Morgan fingerprint density at radius 1 is 1.30 bits per heavy atom. The quantitative estimate of drug-likeness (QED) is 0.506. The van der Waals surface area contributed by atoms with Crippen LogP contribution in [-0.2, 0) is 27.1 Å². The van der Waals surface area contributed by atoms with Gasteiger partial charge < -0.3 is 14.8 Å². The summed E-state index contributed by atoms with van der Waals surface area (Å²) in [6, 6.07) is 3.24. The largest absolute Gasteiger partial charge is 0.462 e. The summed E-state index contributed by atoms with van der Waals surface area (Å²) in [5, 5.41) is 3.73. The molecule has 7 nitrogen and oxygen atoms in total. The van der Waals surface area contributed by atoms with Crippen molar-refractivity contribution in [2.75, 3.05) is 24.8 Å². The molecule has 1 amide bonds. The van der Waals surface area contributed by atoms with E-state index >= 15 is 0 Å². The van der Waals surface area contributed by atoms with Gasteiger partial charge in [0, 0.05) is 11.1 Å². The number of rotatable bonds is 7. The molecule has 2 heterocycles. The van der Waals surface area contributed by atoms with Crippen LogP contribution in [0, 0.1) is 5.92 Å².